The highest BCUT2D eigenvalue weighted by molar-refractivity contribution is 4.89. The molecule has 5 atom stereocenters. The first-order chi connectivity index (χ1) is 5.57. The maximum absolute atomic E-state index is 9.39. The zero-order chi connectivity index (χ0) is 9.30. The minimum absolute atomic E-state index is 0.409. The number of hydrogen-bond acceptors (Lipinski definition) is 5. The van der Waals surface area contributed by atoms with Gasteiger partial charge >= 0.3 is 0 Å². The van der Waals surface area contributed by atoms with Crippen molar-refractivity contribution in [3.8, 4) is 0 Å². The van der Waals surface area contributed by atoms with E-state index < -0.39 is 30.6 Å². The van der Waals surface area contributed by atoms with Crippen molar-refractivity contribution >= 4 is 0 Å². The molecule has 0 bridgehead atoms. The molecule has 5 nitrogen and oxygen atoms in total. The number of ether oxygens (including phenoxy) is 2. The van der Waals surface area contributed by atoms with E-state index in [4.69, 9.17) is 15.2 Å². The molecule has 1 aliphatic rings. The van der Waals surface area contributed by atoms with Crippen molar-refractivity contribution in [3.05, 3.63) is 0 Å². The SMILES string of the molecule is CO[C@@H]1OC(C)[C@@H](O)[C@H](N)C1O. The molecule has 0 aliphatic carbocycles. The van der Waals surface area contributed by atoms with Crippen molar-refractivity contribution in [2.45, 2.75) is 37.6 Å². The average Bonchev–Trinajstić information content (AvgIpc) is 2.08. The van der Waals surface area contributed by atoms with Crippen LogP contribution in [0.3, 0.4) is 0 Å². The monoisotopic (exact) mass is 177 g/mol. The van der Waals surface area contributed by atoms with Crippen molar-refractivity contribution in [3.63, 3.8) is 0 Å². The van der Waals surface area contributed by atoms with Crippen molar-refractivity contribution < 1.29 is 19.7 Å². The van der Waals surface area contributed by atoms with Gasteiger partial charge in [-0.2, -0.15) is 0 Å². The second-order valence-corrected chi connectivity index (χ2v) is 3.00. The Balaban J connectivity index is 2.63. The van der Waals surface area contributed by atoms with Gasteiger partial charge in [0.2, 0.25) is 0 Å². The molecule has 0 aromatic heterocycles. The second-order valence-electron chi connectivity index (χ2n) is 3.00. The summed E-state index contributed by atoms with van der Waals surface area (Å²) >= 11 is 0. The van der Waals surface area contributed by atoms with Gasteiger partial charge in [-0.15, -0.1) is 0 Å². The van der Waals surface area contributed by atoms with Crippen LogP contribution < -0.4 is 5.73 Å². The molecule has 0 aromatic carbocycles. The van der Waals surface area contributed by atoms with Crippen LogP contribution in [0.1, 0.15) is 6.92 Å². The van der Waals surface area contributed by atoms with E-state index in [0.717, 1.165) is 0 Å². The summed E-state index contributed by atoms with van der Waals surface area (Å²) in [6, 6.07) is -0.710. The van der Waals surface area contributed by atoms with Crippen LogP contribution in [0, 0.1) is 0 Å². The van der Waals surface area contributed by atoms with Gasteiger partial charge in [-0.25, -0.2) is 0 Å². The molecule has 0 spiro atoms. The fourth-order valence-electron chi connectivity index (χ4n) is 1.26. The topological polar surface area (TPSA) is 84.9 Å². The van der Waals surface area contributed by atoms with Crippen LogP contribution in [-0.4, -0.2) is 48.0 Å². The van der Waals surface area contributed by atoms with E-state index in [9.17, 15) is 10.2 Å². The molecule has 0 aromatic rings. The molecule has 0 saturated carbocycles. The van der Waals surface area contributed by atoms with Crippen molar-refractivity contribution in [1.82, 2.24) is 0 Å². The average molecular weight is 177 g/mol. The van der Waals surface area contributed by atoms with E-state index in [1.807, 2.05) is 0 Å². The van der Waals surface area contributed by atoms with Gasteiger partial charge in [-0.1, -0.05) is 0 Å². The van der Waals surface area contributed by atoms with Crippen LogP contribution >= 0.6 is 0 Å². The fourth-order valence-corrected chi connectivity index (χ4v) is 1.26. The van der Waals surface area contributed by atoms with E-state index >= 15 is 0 Å². The summed E-state index contributed by atoms with van der Waals surface area (Å²) < 4.78 is 9.96. The first-order valence-corrected chi connectivity index (χ1v) is 3.88. The van der Waals surface area contributed by atoms with Crippen LogP contribution in [-0.2, 0) is 9.47 Å². The van der Waals surface area contributed by atoms with Gasteiger partial charge in [0.15, 0.2) is 6.29 Å². The van der Waals surface area contributed by atoms with E-state index in [1.54, 1.807) is 6.92 Å². The number of aliphatic hydroxyl groups excluding tert-OH is 2. The summed E-state index contributed by atoms with van der Waals surface area (Å²) in [5.41, 5.74) is 5.52. The molecule has 12 heavy (non-hydrogen) atoms. The summed E-state index contributed by atoms with van der Waals surface area (Å²) in [5, 5.41) is 18.8. The summed E-state index contributed by atoms with van der Waals surface area (Å²) in [4.78, 5) is 0. The molecule has 4 N–H and O–H groups in total. The molecule has 0 radical (unpaired) electrons. The number of methoxy groups -OCH3 is 1. The number of rotatable bonds is 1. The van der Waals surface area contributed by atoms with E-state index in [2.05, 4.69) is 0 Å². The molecule has 1 aliphatic heterocycles. The predicted molar refractivity (Wildman–Crippen MR) is 41.3 cm³/mol. The highest BCUT2D eigenvalue weighted by atomic mass is 16.7. The molecular weight excluding hydrogens is 162 g/mol. The lowest BCUT2D eigenvalue weighted by molar-refractivity contribution is -0.258. The lowest BCUT2D eigenvalue weighted by atomic mass is 9.98. The first kappa shape index (κ1) is 9.88. The standard InChI is InChI=1S/C7H15NO4/c1-3-5(9)4(8)6(10)7(11-2)12-3/h3-7,9-10H,8H2,1-2H3/t3?,4-,5+,6?,7+/m0/s1. The molecule has 1 saturated heterocycles. The first-order valence-electron chi connectivity index (χ1n) is 3.88. The molecule has 2 unspecified atom stereocenters. The van der Waals surface area contributed by atoms with Gasteiger partial charge in [0.1, 0.15) is 6.10 Å². The molecule has 0 amide bonds. The molecule has 1 rings (SSSR count). The highest BCUT2D eigenvalue weighted by Gasteiger charge is 2.40. The van der Waals surface area contributed by atoms with E-state index in [-0.39, 0.29) is 0 Å². The Morgan fingerprint density at radius 2 is 1.92 bits per heavy atom. The van der Waals surface area contributed by atoms with Crippen molar-refractivity contribution in [1.29, 1.82) is 0 Å². The Kier molecular flexibility index (Phi) is 3.03. The molecule has 72 valence electrons. The normalized spacial score (nSPS) is 49.2. The van der Waals surface area contributed by atoms with Crippen molar-refractivity contribution in [2.75, 3.05) is 7.11 Å². The minimum atomic E-state index is -0.971. The van der Waals surface area contributed by atoms with Crippen molar-refractivity contribution in [2.24, 2.45) is 5.73 Å². The minimum Gasteiger partial charge on any atom is -0.389 e. The van der Waals surface area contributed by atoms with Gasteiger partial charge in [0, 0.05) is 7.11 Å². The quantitative estimate of drug-likeness (QED) is 0.450. The largest absolute Gasteiger partial charge is 0.389 e. The van der Waals surface area contributed by atoms with Crippen LogP contribution in [0.25, 0.3) is 0 Å². The Morgan fingerprint density at radius 1 is 1.33 bits per heavy atom. The van der Waals surface area contributed by atoms with Crippen LogP contribution in [0.15, 0.2) is 0 Å². The van der Waals surface area contributed by atoms with Gasteiger partial charge in [-0.3, -0.25) is 0 Å². The summed E-state index contributed by atoms with van der Waals surface area (Å²) in [6.07, 6.45) is -2.96. The lowest BCUT2D eigenvalue weighted by Crippen LogP contribution is -2.60. The van der Waals surface area contributed by atoms with E-state index in [0.29, 0.717) is 0 Å². The zero-order valence-electron chi connectivity index (χ0n) is 7.18. The van der Waals surface area contributed by atoms with Gasteiger partial charge < -0.3 is 25.4 Å². The smallest absolute Gasteiger partial charge is 0.185 e. The molecule has 1 fully saturated rings. The summed E-state index contributed by atoms with van der Waals surface area (Å²) in [7, 11) is 1.42. The molecular formula is C7H15NO4. The third-order valence-corrected chi connectivity index (χ3v) is 2.13. The van der Waals surface area contributed by atoms with Crippen LogP contribution in [0.4, 0.5) is 0 Å². The Hall–Kier alpha value is -0.200. The fraction of sp³-hybridized carbons (Fsp3) is 1.00. The Labute approximate surface area is 71.1 Å². The molecule has 1 heterocycles. The summed E-state index contributed by atoms with van der Waals surface area (Å²) in [6.45, 7) is 1.68. The number of hydrogen-bond donors (Lipinski definition) is 3. The maximum Gasteiger partial charge on any atom is 0.185 e. The predicted octanol–water partition coefficient (Wildman–Crippen LogP) is -1.57. The van der Waals surface area contributed by atoms with E-state index in [1.165, 1.54) is 7.11 Å². The van der Waals surface area contributed by atoms with Gasteiger partial charge in [0.25, 0.3) is 0 Å². The Bertz CT molecular complexity index is 150. The zero-order valence-corrected chi connectivity index (χ0v) is 7.18. The molecule has 5 heteroatoms. The number of nitrogens with two attached hydrogens (primary N) is 1. The second kappa shape index (κ2) is 3.68. The Morgan fingerprint density at radius 3 is 2.42 bits per heavy atom. The third-order valence-electron chi connectivity index (χ3n) is 2.13. The summed E-state index contributed by atoms with van der Waals surface area (Å²) in [5.74, 6) is 0. The highest BCUT2D eigenvalue weighted by Crippen LogP contribution is 2.19. The maximum atomic E-state index is 9.39. The van der Waals surface area contributed by atoms with Crippen LogP contribution in [0.5, 0.6) is 0 Å². The lowest BCUT2D eigenvalue weighted by Gasteiger charge is -2.39. The van der Waals surface area contributed by atoms with Crippen LogP contribution in [0.2, 0.25) is 0 Å². The number of aliphatic hydroxyl groups is 2. The van der Waals surface area contributed by atoms with Gasteiger partial charge in [0.05, 0.1) is 18.2 Å². The van der Waals surface area contributed by atoms with Gasteiger partial charge in [-0.05, 0) is 6.92 Å². The third kappa shape index (κ3) is 1.60.